The molecule has 1 saturated carbocycles. The summed E-state index contributed by atoms with van der Waals surface area (Å²) in [6, 6.07) is 3.55. The Morgan fingerprint density at radius 2 is 2.29 bits per heavy atom. The van der Waals surface area contributed by atoms with E-state index in [1.54, 1.807) is 6.07 Å². The predicted molar refractivity (Wildman–Crippen MR) is 64.0 cm³/mol. The highest BCUT2D eigenvalue weighted by molar-refractivity contribution is 5.09. The summed E-state index contributed by atoms with van der Waals surface area (Å²) >= 11 is 0. The van der Waals surface area contributed by atoms with Crippen LogP contribution in [-0.2, 0) is 0 Å². The third-order valence-corrected chi connectivity index (χ3v) is 3.33. The van der Waals surface area contributed by atoms with E-state index in [9.17, 15) is 9.50 Å². The van der Waals surface area contributed by atoms with Gasteiger partial charge in [-0.3, -0.25) is 4.98 Å². The summed E-state index contributed by atoms with van der Waals surface area (Å²) < 4.78 is 12.7. The van der Waals surface area contributed by atoms with Gasteiger partial charge in [0.25, 0.3) is 0 Å². The van der Waals surface area contributed by atoms with Gasteiger partial charge in [-0.2, -0.15) is 0 Å². The molecule has 2 rings (SSSR count). The third-order valence-electron chi connectivity index (χ3n) is 3.33. The van der Waals surface area contributed by atoms with Crippen molar-refractivity contribution in [3.8, 4) is 0 Å². The molecule has 1 aromatic heterocycles. The predicted octanol–water partition coefficient (Wildman–Crippen LogP) is 2.17. The monoisotopic (exact) mass is 238 g/mol. The summed E-state index contributed by atoms with van der Waals surface area (Å²) in [5, 5.41) is 13.0. The van der Waals surface area contributed by atoms with Gasteiger partial charge >= 0.3 is 0 Å². The average molecular weight is 238 g/mol. The maximum atomic E-state index is 12.7. The maximum absolute atomic E-state index is 12.7. The minimum atomic E-state index is -0.311. The first-order valence-electron chi connectivity index (χ1n) is 6.20. The first-order valence-corrected chi connectivity index (χ1v) is 6.20. The van der Waals surface area contributed by atoms with Crippen LogP contribution in [0.25, 0.3) is 0 Å². The van der Waals surface area contributed by atoms with Crippen LogP contribution in [0.2, 0.25) is 0 Å². The molecule has 1 heterocycles. The van der Waals surface area contributed by atoms with E-state index in [1.807, 2.05) is 6.92 Å². The molecule has 2 N–H and O–H groups in total. The molecular formula is C13H19FN2O. The number of hydrogen-bond acceptors (Lipinski definition) is 3. The molecule has 1 aliphatic carbocycles. The van der Waals surface area contributed by atoms with Crippen LogP contribution >= 0.6 is 0 Å². The zero-order valence-corrected chi connectivity index (χ0v) is 10.1. The number of hydrogen-bond donors (Lipinski definition) is 2. The van der Waals surface area contributed by atoms with E-state index in [0.717, 1.165) is 31.4 Å². The molecule has 0 bridgehead atoms. The van der Waals surface area contributed by atoms with Crippen molar-refractivity contribution in [2.45, 2.75) is 50.8 Å². The van der Waals surface area contributed by atoms with Gasteiger partial charge in [0, 0.05) is 12.1 Å². The largest absolute Gasteiger partial charge is 0.393 e. The van der Waals surface area contributed by atoms with Crippen molar-refractivity contribution in [2.75, 3.05) is 0 Å². The standard InChI is InChI=1S/C13H19FN2O/c1-9(13-6-5-10(14)8-15-13)16-11-3-2-4-12(17)7-11/h5-6,8-9,11-12,16-17H,2-4,7H2,1H3. The second kappa shape index (κ2) is 5.56. The Morgan fingerprint density at radius 1 is 1.47 bits per heavy atom. The van der Waals surface area contributed by atoms with Crippen molar-refractivity contribution >= 4 is 0 Å². The van der Waals surface area contributed by atoms with Crippen LogP contribution in [0.1, 0.15) is 44.3 Å². The van der Waals surface area contributed by atoms with Gasteiger partial charge in [0.05, 0.1) is 18.0 Å². The lowest BCUT2D eigenvalue weighted by atomic mass is 9.92. The smallest absolute Gasteiger partial charge is 0.141 e. The summed E-state index contributed by atoms with van der Waals surface area (Å²) in [4.78, 5) is 4.06. The van der Waals surface area contributed by atoms with Gasteiger partial charge < -0.3 is 10.4 Å². The van der Waals surface area contributed by atoms with Crippen molar-refractivity contribution in [3.63, 3.8) is 0 Å². The van der Waals surface area contributed by atoms with Gasteiger partial charge in [0.1, 0.15) is 5.82 Å². The lowest BCUT2D eigenvalue weighted by Crippen LogP contribution is -2.37. The van der Waals surface area contributed by atoms with E-state index in [4.69, 9.17) is 0 Å². The van der Waals surface area contributed by atoms with Crippen molar-refractivity contribution in [3.05, 3.63) is 29.8 Å². The lowest BCUT2D eigenvalue weighted by Gasteiger charge is -2.29. The number of nitrogens with zero attached hydrogens (tertiary/aromatic N) is 1. The maximum Gasteiger partial charge on any atom is 0.141 e. The summed E-state index contributed by atoms with van der Waals surface area (Å²) in [5.74, 6) is -0.311. The Balaban J connectivity index is 1.91. The fourth-order valence-corrected chi connectivity index (χ4v) is 2.40. The summed E-state index contributed by atoms with van der Waals surface area (Å²) in [6.45, 7) is 2.02. The van der Waals surface area contributed by atoms with Gasteiger partial charge in [-0.05, 0) is 44.7 Å². The van der Waals surface area contributed by atoms with Crippen LogP contribution in [0.5, 0.6) is 0 Å². The highest BCUT2D eigenvalue weighted by atomic mass is 19.1. The SMILES string of the molecule is CC(NC1CCCC(O)C1)c1ccc(F)cn1. The number of nitrogens with one attached hydrogen (secondary N) is 1. The zero-order valence-electron chi connectivity index (χ0n) is 10.1. The Labute approximate surface area is 101 Å². The molecule has 0 aromatic carbocycles. The fourth-order valence-electron chi connectivity index (χ4n) is 2.40. The summed E-state index contributed by atoms with van der Waals surface area (Å²) in [5.41, 5.74) is 0.839. The molecule has 3 nitrogen and oxygen atoms in total. The molecule has 1 aromatic rings. The van der Waals surface area contributed by atoms with Crippen molar-refractivity contribution in [1.82, 2.24) is 10.3 Å². The molecule has 94 valence electrons. The van der Waals surface area contributed by atoms with Crippen LogP contribution in [0.15, 0.2) is 18.3 Å². The third kappa shape index (κ3) is 3.48. The molecule has 4 heteroatoms. The topological polar surface area (TPSA) is 45.1 Å². The molecule has 17 heavy (non-hydrogen) atoms. The van der Waals surface area contributed by atoms with Crippen LogP contribution in [0, 0.1) is 5.82 Å². The molecule has 0 aliphatic heterocycles. The lowest BCUT2D eigenvalue weighted by molar-refractivity contribution is 0.109. The normalized spacial score (nSPS) is 26.8. The van der Waals surface area contributed by atoms with Gasteiger partial charge in [0.2, 0.25) is 0 Å². The Bertz CT molecular complexity index is 355. The number of aromatic nitrogens is 1. The number of aliphatic hydroxyl groups is 1. The van der Waals surface area contributed by atoms with Crippen molar-refractivity contribution in [1.29, 1.82) is 0 Å². The fraction of sp³-hybridized carbons (Fsp3) is 0.615. The van der Waals surface area contributed by atoms with Gasteiger partial charge in [0.15, 0.2) is 0 Å². The highest BCUT2D eigenvalue weighted by Crippen LogP contribution is 2.21. The molecule has 3 unspecified atom stereocenters. The van der Waals surface area contributed by atoms with E-state index < -0.39 is 0 Å². The summed E-state index contributed by atoms with van der Waals surface area (Å²) in [7, 11) is 0. The van der Waals surface area contributed by atoms with E-state index in [-0.39, 0.29) is 18.0 Å². The molecule has 1 fully saturated rings. The molecule has 0 saturated heterocycles. The minimum absolute atomic E-state index is 0.0888. The number of rotatable bonds is 3. The Hall–Kier alpha value is -1.00. The van der Waals surface area contributed by atoms with Gasteiger partial charge in [-0.1, -0.05) is 0 Å². The van der Waals surface area contributed by atoms with Gasteiger partial charge in [-0.15, -0.1) is 0 Å². The number of aliphatic hydroxyl groups excluding tert-OH is 1. The van der Waals surface area contributed by atoms with Gasteiger partial charge in [-0.25, -0.2) is 4.39 Å². The summed E-state index contributed by atoms with van der Waals surface area (Å²) in [6.07, 6.45) is 4.90. The van der Waals surface area contributed by atoms with Crippen molar-refractivity contribution in [2.24, 2.45) is 0 Å². The molecule has 0 radical (unpaired) electrons. The molecular weight excluding hydrogens is 219 g/mol. The first-order chi connectivity index (χ1) is 8.15. The number of pyridine rings is 1. The van der Waals surface area contributed by atoms with E-state index in [2.05, 4.69) is 10.3 Å². The molecule has 3 atom stereocenters. The Morgan fingerprint density at radius 3 is 2.94 bits per heavy atom. The van der Waals surface area contributed by atoms with E-state index in [1.165, 1.54) is 12.3 Å². The van der Waals surface area contributed by atoms with Crippen molar-refractivity contribution < 1.29 is 9.50 Å². The molecule has 0 amide bonds. The minimum Gasteiger partial charge on any atom is -0.393 e. The first kappa shape index (κ1) is 12.5. The van der Waals surface area contributed by atoms with Crippen LogP contribution < -0.4 is 5.32 Å². The number of halogens is 1. The molecule has 0 spiro atoms. The second-order valence-corrected chi connectivity index (χ2v) is 4.81. The van der Waals surface area contributed by atoms with Crippen LogP contribution in [-0.4, -0.2) is 22.2 Å². The van der Waals surface area contributed by atoms with E-state index in [0.29, 0.717) is 6.04 Å². The van der Waals surface area contributed by atoms with E-state index >= 15 is 0 Å². The second-order valence-electron chi connectivity index (χ2n) is 4.81. The molecule has 1 aliphatic rings. The average Bonchev–Trinajstić information content (AvgIpc) is 2.29. The van der Waals surface area contributed by atoms with Crippen LogP contribution in [0.3, 0.4) is 0 Å². The Kier molecular flexibility index (Phi) is 4.07. The highest BCUT2D eigenvalue weighted by Gasteiger charge is 2.21. The quantitative estimate of drug-likeness (QED) is 0.848. The van der Waals surface area contributed by atoms with Crippen LogP contribution in [0.4, 0.5) is 4.39 Å². The zero-order chi connectivity index (χ0) is 12.3.